The molecule has 0 heterocycles. The van der Waals surface area contributed by atoms with Crippen molar-refractivity contribution in [3.05, 3.63) is 29.6 Å². The number of hydrogen-bond donors (Lipinski definition) is 2. The van der Waals surface area contributed by atoms with E-state index < -0.39 is 36.2 Å². The average Bonchev–Trinajstić information content (AvgIpc) is 2.27. The minimum atomic E-state index is -4.30. The van der Waals surface area contributed by atoms with Gasteiger partial charge in [-0.05, 0) is 18.2 Å². The van der Waals surface area contributed by atoms with Crippen molar-refractivity contribution >= 4 is 11.7 Å². The topological polar surface area (TPSA) is 49.3 Å². The van der Waals surface area contributed by atoms with E-state index in [4.69, 9.17) is 5.11 Å². The Morgan fingerprint density at radius 1 is 1.39 bits per heavy atom. The third-order valence-electron chi connectivity index (χ3n) is 2.05. The summed E-state index contributed by atoms with van der Waals surface area (Å²) in [7, 11) is 0. The van der Waals surface area contributed by atoms with Gasteiger partial charge in [-0.15, -0.1) is 0 Å². The van der Waals surface area contributed by atoms with E-state index in [-0.39, 0.29) is 5.69 Å². The molecule has 18 heavy (non-hydrogen) atoms. The van der Waals surface area contributed by atoms with E-state index in [0.717, 1.165) is 12.1 Å². The van der Waals surface area contributed by atoms with Crippen LogP contribution in [-0.2, 0) is 0 Å². The third kappa shape index (κ3) is 3.31. The normalized spacial score (nSPS) is 11.7. The summed E-state index contributed by atoms with van der Waals surface area (Å²) in [5, 5.41) is 10.6. The van der Waals surface area contributed by atoms with Gasteiger partial charge in [0, 0.05) is 5.69 Å². The fourth-order valence-electron chi connectivity index (χ4n) is 1.14. The number of carbonyl (C=O) groups is 1. The highest BCUT2D eigenvalue weighted by molar-refractivity contribution is 5.94. The molecule has 100 valence electrons. The number of anilines is 1. The van der Waals surface area contributed by atoms with Crippen LogP contribution in [0.3, 0.4) is 0 Å². The van der Waals surface area contributed by atoms with Crippen LogP contribution in [0.15, 0.2) is 18.2 Å². The number of benzene rings is 1. The van der Waals surface area contributed by atoms with Crippen LogP contribution in [0.1, 0.15) is 10.4 Å². The van der Waals surface area contributed by atoms with Crippen LogP contribution < -0.4 is 5.32 Å². The van der Waals surface area contributed by atoms with Crippen molar-refractivity contribution in [2.45, 2.75) is 12.3 Å². The molecule has 1 aromatic carbocycles. The first-order valence-electron chi connectivity index (χ1n) is 4.66. The van der Waals surface area contributed by atoms with Gasteiger partial charge in [0.2, 0.25) is 0 Å². The maximum atomic E-state index is 12.8. The highest BCUT2D eigenvalue weighted by atomic mass is 19.3. The van der Waals surface area contributed by atoms with Gasteiger partial charge in [0.05, 0.1) is 12.1 Å². The van der Waals surface area contributed by atoms with Crippen LogP contribution in [0, 0.1) is 5.82 Å². The minimum absolute atomic E-state index is 0.357. The molecule has 0 bridgehead atoms. The lowest BCUT2D eigenvalue weighted by Crippen LogP contribution is -2.35. The van der Waals surface area contributed by atoms with Crippen molar-refractivity contribution < 1.29 is 31.9 Å². The Bertz CT molecular complexity index is 450. The quantitative estimate of drug-likeness (QED) is 0.808. The molecular weight excluding hydrogens is 261 g/mol. The molecule has 0 atom stereocenters. The van der Waals surface area contributed by atoms with Crippen molar-refractivity contribution in [1.29, 1.82) is 0 Å². The number of nitrogens with one attached hydrogen (secondary N) is 1. The molecule has 0 saturated heterocycles. The number of alkyl halides is 4. The number of carboxylic acids is 1. The van der Waals surface area contributed by atoms with Crippen LogP contribution in [0.5, 0.6) is 0 Å². The van der Waals surface area contributed by atoms with Gasteiger partial charge in [-0.1, -0.05) is 0 Å². The Morgan fingerprint density at radius 3 is 2.50 bits per heavy atom. The molecule has 8 heteroatoms. The Balaban J connectivity index is 2.89. The maximum Gasteiger partial charge on any atom is 0.337 e. The number of aromatic carboxylic acids is 1. The largest absolute Gasteiger partial charge is 0.478 e. The average molecular weight is 269 g/mol. The second kappa shape index (κ2) is 5.19. The van der Waals surface area contributed by atoms with Gasteiger partial charge in [0.25, 0.3) is 0 Å². The summed E-state index contributed by atoms with van der Waals surface area (Å²) < 4.78 is 61.7. The first-order valence-corrected chi connectivity index (χ1v) is 4.66. The number of halogens is 5. The van der Waals surface area contributed by atoms with E-state index in [2.05, 4.69) is 0 Å². The van der Waals surface area contributed by atoms with Crippen LogP contribution >= 0.6 is 0 Å². The van der Waals surface area contributed by atoms with Crippen molar-refractivity contribution in [3.8, 4) is 0 Å². The SMILES string of the molecule is O=C(O)c1cc(F)ccc1NCC(F)(F)C(F)F. The van der Waals surface area contributed by atoms with Gasteiger partial charge >= 0.3 is 18.3 Å². The fraction of sp³-hybridized carbons (Fsp3) is 0.300. The molecule has 0 aliphatic rings. The molecule has 0 radical (unpaired) electrons. The molecule has 0 amide bonds. The van der Waals surface area contributed by atoms with E-state index in [1.165, 1.54) is 0 Å². The van der Waals surface area contributed by atoms with E-state index in [0.29, 0.717) is 6.07 Å². The number of hydrogen-bond acceptors (Lipinski definition) is 2. The van der Waals surface area contributed by atoms with Gasteiger partial charge in [-0.25, -0.2) is 18.0 Å². The molecule has 0 unspecified atom stereocenters. The van der Waals surface area contributed by atoms with E-state index in [1.807, 2.05) is 5.32 Å². The lowest BCUT2D eigenvalue weighted by atomic mass is 10.1. The molecule has 2 N–H and O–H groups in total. The van der Waals surface area contributed by atoms with Crippen LogP contribution in [0.2, 0.25) is 0 Å². The predicted octanol–water partition coefficient (Wildman–Crippen LogP) is 2.84. The van der Waals surface area contributed by atoms with E-state index in [1.54, 1.807) is 0 Å². The minimum Gasteiger partial charge on any atom is -0.478 e. The van der Waals surface area contributed by atoms with E-state index in [9.17, 15) is 26.7 Å². The maximum absolute atomic E-state index is 12.8. The first kappa shape index (κ1) is 14.2. The standard InChI is InChI=1S/C10H8F5NO2/c11-5-1-2-7(6(3-5)8(17)18)16-4-10(14,15)9(12)13/h1-3,9,16H,4H2,(H,17,18). The molecular formula is C10H8F5NO2. The number of rotatable bonds is 5. The zero-order valence-electron chi connectivity index (χ0n) is 8.76. The Labute approximate surface area is 98.2 Å². The van der Waals surface area contributed by atoms with Crippen molar-refractivity contribution in [1.82, 2.24) is 0 Å². The number of carboxylic acid groups (broad SMARTS) is 1. The summed E-state index contributed by atoms with van der Waals surface area (Å²) in [6, 6.07) is 2.32. The first-order chi connectivity index (χ1) is 8.24. The van der Waals surface area contributed by atoms with Crippen LogP contribution in [-0.4, -0.2) is 30.0 Å². The molecule has 0 spiro atoms. The molecule has 1 aromatic rings. The van der Waals surface area contributed by atoms with Crippen molar-refractivity contribution in [3.63, 3.8) is 0 Å². The van der Waals surface area contributed by atoms with Crippen LogP contribution in [0.4, 0.5) is 27.6 Å². The van der Waals surface area contributed by atoms with E-state index >= 15 is 0 Å². The Kier molecular flexibility index (Phi) is 4.10. The van der Waals surface area contributed by atoms with Crippen molar-refractivity contribution in [2.24, 2.45) is 0 Å². The Hall–Kier alpha value is -1.86. The second-order valence-corrected chi connectivity index (χ2v) is 3.41. The zero-order chi connectivity index (χ0) is 13.9. The molecule has 3 nitrogen and oxygen atoms in total. The van der Waals surface area contributed by atoms with Gasteiger partial charge in [0.1, 0.15) is 5.82 Å². The highest BCUT2D eigenvalue weighted by Gasteiger charge is 2.40. The van der Waals surface area contributed by atoms with Gasteiger partial charge in [-0.3, -0.25) is 0 Å². The van der Waals surface area contributed by atoms with Crippen molar-refractivity contribution in [2.75, 3.05) is 11.9 Å². The zero-order valence-corrected chi connectivity index (χ0v) is 8.76. The Morgan fingerprint density at radius 2 is 2.00 bits per heavy atom. The smallest absolute Gasteiger partial charge is 0.337 e. The summed E-state index contributed by atoms with van der Waals surface area (Å²) >= 11 is 0. The predicted molar refractivity (Wildman–Crippen MR) is 52.8 cm³/mol. The second-order valence-electron chi connectivity index (χ2n) is 3.41. The molecule has 1 rings (SSSR count). The highest BCUT2D eigenvalue weighted by Crippen LogP contribution is 2.24. The summed E-state index contributed by atoms with van der Waals surface area (Å²) in [6.07, 6.45) is -3.88. The van der Waals surface area contributed by atoms with Crippen LogP contribution in [0.25, 0.3) is 0 Å². The third-order valence-corrected chi connectivity index (χ3v) is 2.05. The monoisotopic (exact) mass is 269 g/mol. The lowest BCUT2D eigenvalue weighted by Gasteiger charge is -2.17. The fourth-order valence-corrected chi connectivity index (χ4v) is 1.14. The molecule has 0 aliphatic heterocycles. The van der Waals surface area contributed by atoms with Gasteiger partial charge in [-0.2, -0.15) is 8.78 Å². The molecule has 0 saturated carbocycles. The molecule has 0 aromatic heterocycles. The molecule has 0 fully saturated rings. The summed E-state index contributed by atoms with van der Waals surface area (Å²) in [5.74, 6) is -6.74. The lowest BCUT2D eigenvalue weighted by molar-refractivity contribution is -0.117. The summed E-state index contributed by atoms with van der Waals surface area (Å²) in [5.41, 5.74) is -0.968. The van der Waals surface area contributed by atoms with Gasteiger partial charge in [0.15, 0.2) is 0 Å². The summed E-state index contributed by atoms with van der Waals surface area (Å²) in [6.45, 7) is -1.45. The summed E-state index contributed by atoms with van der Waals surface area (Å²) in [4.78, 5) is 10.7. The van der Waals surface area contributed by atoms with Gasteiger partial charge < -0.3 is 10.4 Å². The molecule has 0 aliphatic carbocycles.